The first-order valence-electron chi connectivity index (χ1n) is 9.14. The summed E-state index contributed by atoms with van der Waals surface area (Å²) in [6.07, 6.45) is 0. The van der Waals surface area contributed by atoms with Crippen molar-refractivity contribution in [3.05, 3.63) is 70.6 Å². The highest BCUT2D eigenvalue weighted by Gasteiger charge is 2.13. The number of ether oxygens (including phenoxy) is 3. The van der Waals surface area contributed by atoms with Gasteiger partial charge in [0.2, 0.25) is 0 Å². The van der Waals surface area contributed by atoms with Gasteiger partial charge in [-0.25, -0.2) is 0 Å². The minimum absolute atomic E-state index is 0.190. The molecule has 0 radical (unpaired) electrons. The molecule has 3 rings (SSSR count). The standard InChI is InChI=1S/C22H24N2O5/c1-14-5-6-17(7-15(14)2)28-13-20-11-21(24-29-20)22(25)23-12-16-8-18(26-3)10-19(9-16)27-4/h5-11H,12-13H2,1-4H3,(H,23,25). The Balaban J connectivity index is 1.57. The number of benzene rings is 2. The Labute approximate surface area is 169 Å². The third kappa shape index (κ3) is 5.28. The van der Waals surface area contributed by atoms with Crippen molar-refractivity contribution in [2.24, 2.45) is 0 Å². The van der Waals surface area contributed by atoms with Crippen LogP contribution in [-0.2, 0) is 13.2 Å². The van der Waals surface area contributed by atoms with Gasteiger partial charge in [0.25, 0.3) is 5.91 Å². The van der Waals surface area contributed by atoms with Crippen LogP contribution in [0.25, 0.3) is 0 Å². The number of hydrogen-bond acceptors (Lipinski definition) is 6. The van der Waals surface area contributed by atoms with Crippen LogP contribution in [0.5, 0.6) is 17.2 Å². The molecule has 1 aromatic heterocycles. The lowest BCUT2D eigenvalue weighted by atomic mass is 10.1. The minimum atomic E-state index is -0.340. The zero-order valence-electron chi connectivity index (χ0n) is 16.9. The van der Waals surface area contributed by atoms with Gasteiger partial charge in [-0.1, -0.05) is 11.2 Å². The maximum Gasteiger partial charge on any atom is 0.273 e. The Kier molecular flexibility index (Phi) is 6.39. The summed E-state index contributed by atoms with van der Waals surface area (Å²) < 4.78 is 21.4. The monoisotopic (exact) mass is 396 g/mol. The molecular formula is C22H24N2O5. The minimum Gasteiger partial charge on any atom is -0.497 e. The average Bonchev–Trinajstić information content (AvgIpc) is 3.21. The van der Waals surface area contributed by atoms with Crippen LogP contribution in [0.4, 0.5) is 0 Å². The molecule has 1 heterocycles. The molecule has 0 fully saturated rings. The van der Waals surface area contributed by atoms with Crippen LogP contribution in [0, 0.1) is 13.8 Å². The first-order valence-corrected chi connectivity index (χ1v) is 9.14. The molecule has 7 nitrogen and oxygen atoms in total. The molecule has 0 bridgehead atoms. The predicted octanol–water partition coefficient (Wildman–Crippen LogP) is 3.82. The van der Waals surface area contributed by atoms with Crippen molar-refractivity contribution in [1.82, 2.24) is 10.5 Å². The van der Waals surface area contributed by atoms with Crippen molar-refractivity contribution in [1.29, 1.82) is 0 Å². The van der Waals surface area contributed by atoms with Crippen molar-refractivity contribution in [3.8, 4) is 17.2 Å². The van der Waals surface area contributed by atoms with Gasteiger partial charge < -0.3 is 24.1 Å². The average molecular weight is 396 g/mol. The van der Waals surface area contributed by atoms with Crippen molar-refractivity contribution >= 4 is 5.91 Å². The van der Waals surface area contributed by atoms with Crippen LogP contribution >= 0.6 is 0 Å². The molecule has 152 valence electrons. The first kappa shape index (κ1) is 20.3. The Bertz CT molecular complexity index is 974. The van der Waals surface area contributed by atoms with Gasteiger partial charge in [-0.05, 0) is 54.8 Å². The Morgan fingerprint density at radius 1 is 0.966 bits per heavy atom. The third-order valence-electron chi connectivity index (χ3n) is 4.52. The largest absolute Gasteiger partial charge is 0.497 e. The second-order valence-electron chi connectivity index (χ2n) is 6.62. The summed E-state index contributed by atoms with van der Waals surface area (Å²) in [6, 6.07) is 12.9. The van der Waals surface area contributed by atoms with E-state index < -0.39 is 0 Å². The Morgan fingerprint density at radius 2 is 1.69 bits per heavy atom. The zero-order chi connectivity index (χ0) is 20.8. The van der Waals surface area contributed by atoms with E-state index >= 15 is 0 Å². The highest BCUT2D eigenvalue weighted by molar-refractivity contribution is 5.92. The van der Waals surface area contributed by atoms with Crippen LogP contribution in [0.2, 0.25) is 0 Å². The van der Waals surface area contributed by atoms with Gasteiger partial charge >= 0.3 is 0 Å². The normalized spacial score (nSPS) is 10.5. The van der Waals surface area contributed by atoms with E-state index in [2.05, 4.69) is 10.5 Å². The molecule has 0 saturated carbocycles. The van der Waals surface area contributed by atoms with Gasteiger partial charge in [0, 0.05) is 18.7 Å². The number of nitrogens with one attached hydrogen (secondary N) is 1. The highest BCUT2D eigenvalue weighted by Crippen LogP contribution is 2.22. The molecule has 29 heavy (non-hydrogen) atoms. The van der Waals surface area contributed by atoms with Crippen molar-refractivity contribution in [2.45, 2.75) is 27.0 Å². The van der Waals surface area contributed by atoms with E-state index in [-0.39, 0.29) is 18.2 Å². The van der Waals surface area contributed by atoms with E-state index in [9.17, 15) is 4.79 Å². The highest BCUT2D eigenvalue weighted by atomic mass is 16.5. The summed E-state index contributed by atoms with van der Waals surface area (Å²) in [5.74, 6) is 2.17. The van der Waals surface area contributed by atoms with E-state index in [1.807, 2.05) is 44.2 Å². The van der Waals surface area contributed by atoms with E-state index in [1.165, 1.54) is 5.56 Å². The number of carbonyl (C=O) groups excluding carboxylic acids is 1. The Hall–Kier alpha value is -3.48. The van der Waals surface area contributed by atoms with Crippen LogP contribution < -0.4 is 19.5 Å². The number of nitrogens with zero attached hydrogens (tertiary/aromatic N) is 1. The lowest BCUT2D eigenvalue weighted by molar-refractivity contribution is 0.0941. The summed E-state index contributed by atoms with van der Waals surface area (Å²) in [5, 5.41) is 6.63. The van der Waals surface area contributed by atoms with Crippen molar-refractivity contribution in [3.63, 3.8) is 0 Å². The molecule has 0 aliphatic heterocycles. The number of aryl methyl sites for hydroxylation is 2. The van der Waals surface area contributed by atoms with E-state index in [1.54, 1.807) is 26.4 Å². The number of carbonyl (C=O) groups is 1. The molecule has 0 aliphatic carbocycles. The fourth-order valence-electron chi connectivity index (χ4n) is 2.69. The summed E-state index contributed by atoms with van der Waals surface area (Å²) in [5.41, 5.74) is 3.38. The van der Waals surface area contributed by atoms with Gasteiger partial charge in [0.15, 0.2) is 11.5 Å². The van der Waals surface area contributed by atoms with Crippen molar-refractivity contribution < 1.29 is 23.5 Å². The number of methoxy groups -OCH3 is 2. The van der Waals surface area contributed by atoms with Crippen LogP contribution in [0.15, 0.2) is 47.0 Å². The van der Waals surface area contributed by atoms with Crippen LogP contribution in [0.3, 0.4) is 0 Å². The number of hydrogen-bond donors (Lipinski definition) is 1. The number of amides is 1. The lowest BCUT2D eigenvalue weighted by Crippen LogP contribution is -2.23. The predicted molar refractivity (Wildman–Crippen MR) is 107 cm³/mol. The van der Waals surface area contributed by atoms with E-state index in [0.717, 1.165) is 16.9 Å². The SMILES string of the molecule is COc1cc(CNC(=O)c2cc(COc3ccc(C)c(C)c3)on2)cc(OC)c1. The quantitative estimate of drug-likeness (QED) is 0.623. The molecule has 1 amide bonds. The molecule has 0 saturated heterocycles. The Morgan fingerprint density at radius 3 is 2.34 bits per heavy atom. The van der Waals surface area contributed by atoms with Gasteiger partial charge in [-0.3, -0.25) is 4.79 Å². The molecule has 1 N–H and O–H groups in total. The summed E-state index contributed by atoms with van der Waals surface area (Å²) >= 11 is 0. The first-order chi connectivity index (χ1) is 14.0. The van der Waals surface area contributed by atoms with Gasteiger partial charge in [-0.15, -0.1) is 0 Å². The van der Waals surface area contributed by atoms with Gasteiger partial charge in [0.1, 0.15) is 23.9 Å². The molecule has 3 aromatic rings. The zero-order valence-corrected chi connectivity index (χ0v) is 16.9. The topological polar surface area (TPSA) is 82.8 Å². The lowest BCUT2D eigenvalue weighted by Gasteiger charge is -2.09. The number of aromatic nitrogens is 1. The summed E-state index contributed by atoms with van der Waals surface area (Å²) in [7, 11) is 3.15. The molecular weight excluding hydrogens is 372 g/mol. The second-order valence-corrected chi connectivity index (χ2v) is 6.62. The fraction of sp³-hybridized carbons (Fsp3) is 0.273. The third-order valence-corrected chi connectivity index (χ3v) is 4.52. The molecule has 7 heteroatoms. The van der Waals surface area contributed by atoms with Crippen LogP contribution in [0.1, 0.15) is 32.9 Å². The maximum absolute atomic E-state index is 12.4. The molecule has 2 aromatic carbocycles. The summed E-state index contributed by atoms with van der Waals surface area (Å²) in [4.78, 5) is 12.4. The maximum atomic E-state index is 12.4. The molecule has 0 unspecified atom stereocenters. The molecule has 0 aliphatic rings. The van der Waals surface area contributed by atoms with Crippen LogP contribution in [-0.4, -0.2) is 25.3 Å². The smallest absolute Gasteiger partial charge is 0.273 e. The van der Waals surface area contributed by atoms with Gasteiger partial charge in [0.05, 0.1) is 14.2 Å². The van der Waals surface area contributed by atoms with E-state index in [4.69, 9.17) is 18.7 Å². The number of rotatable bonds is 8. The second kappa shape index (κ2) is 9.14. The van der Waals surface area contributed by atoms with Crippen molar-refractivity contribution in [2.75, 3.05) is 14.2 Å². The van der Waals surface area contributed by atoms with Gasteiger partial charge in [-0.2, -0.15) is 0 Å². The van der Waals surface area contributed by atoms with E-state index in [0.29, 0.717) is 23.8 Å². The molecule has 0 atom stereocenters. The fourth-order valence-corrected chi connectivity index (χ4v) is 2.69. The molecule has 0 spiro atoms. The summed E-state index contributed by atoms with van der Waals surface area (Å²) in [6.45, 7) is 4.56.